The molecule has 0 atom stereocenters. The Bertz CT molecular complexity index is 845. The maximum absolute atomic E-state index is 13.9. The van der Waals surface area contributed by atoms with Crippen molar-refractivity contribution in [3.8, 4) is 0 Å². The maximum Gasteiger partial charge on any atom is 0.338 e. The number of hydrogen-bond acceptors (Lipinski definition) is 4. The third-order valence-electron chi connectivity index (χ3n) is 3.34. The molecule has 0 heterocycles. The van der Waals surface area contributed by atoms with E-state index < -0.39 is 21.8 Å². The van der Waals surface area contributed by atoms with Crippen molar-refractivity contribution in [2.75, 3.05) is 11.8 Å². The Balaban J connectivity index is 2.44. The topological polar surface area (TPSA) is 72.5 Å². The number of esters is 1. The van der Waals surface area contributed by atoms with Crippen LogP contribution in [0.1, 0.15) is 21.5 Å². The first-order valence-corrected chi connectivity index (χ1v) is 8.21. The average molecular weight is 337 g/mol. The lowest BCUT2D eigenvalue weighted by Gasteiger charge is -2.13. The minimum atomic E-state index is -3.89. The molecule has 0 aliphatic carbocycles. The highest BCUT2D eigenvalue weighted by atomic mass is 32.2. The summed E-state index contributed by atoms with van der Waals surface area (Å²) in [7, 11) is -2.72. The molecule has 0 fully saturated rings. The SMILES string of the molecule is COC(=O)c1cc(F)c(C)c(NS(=O)(=O)c2ccc(C)cc2)c1. The second kappa shape index (κ2) is 6.37. The first kappa shape index (κ1) is 17.0. The van der Waals surface area contributed by atoms with Crippen molar-refractivity contribution in [2.24, 2.45) is 0 Å². The zero-order valence-corrected chi connectivity index (χ0v) is 13.7. The van der Waals surface area contributed by atoms with Crippen LogP contribution in [0.2, 0.25) is 0 Å². The van der Waals surface area contributed by atoms with Crippen molar-refractivity contribution in [3.63, 3.8) is 0 Å². The van der Waals surface area contributed by atoms with Gasteiger partial charge in [-0.2, -0.15) is 0 Å². The summed E-state index contributed by atoms with van der Waals surface area (Å²) in [6.07, 6.45) is 0. The van der Waals surface area contributed by atoms with Crippen LogP contribution in [0, 0.1) is 19.7 Å². The van der Waals surface area contributed by atoms with E-state index in [-0.39, 0.29) is 21.7 Å². The molecular formula is C16H16FNO4S. The molecule has 0 aliphatic heterocycles. The van der Waals surface area contributed by atoms with Gasteiger partial charge in [0.15, 0.2) is 0 Å². The molecule has 7 heteroatoms. The zero-order valence-electron chi connectivity index (χ0n) is 12.9. The Hall–Kier alpha value is -2.41. The molecule has 23 heavy (non-hydrogen) atoms. The number of sulfonamides is 1. The van der Waals surface area contributed by atoms with Crippen LogP contribution in [0.3, 0.4) is 0 Å². The van der Waals surface area contributed by atoms with E-state index in [2.05, 4.69) is 9.46 Å². The Morgan fingerprint density at radius 2 is 1.74 bits per heavy atom. The van der Waals surface area contributed by atoms with Crippen molar-refractivity contribution in [1.29, 1.82) is 0 Å². The molecule has 0 radical (unpaired) electrons. The minimum absolute atomic E-state index is 0.00836. The Morgan fingerprint density at radius 1 is 1.13 bits per heavy atom. The lowest BCUT2D eigenvalue weighted by atomic mass is 10.1. The third-order valence-corrected chi connectivity index (χ3v) is 4.72. The number of benzene rings is 2. The number of hydrogen-bond donors (Lipinski definition) is 1. The van der Waals surface area contributed by atoms with Crippen molar-refractivity contribution < 1.29 is 22.3 Å². The van der Waals surface area contributed by atoms with Crippen LogP contribution in [0.4, 0.5) is 10.1 Å². The molecular weight excluding hydrogens is 321 g/mol. The largest absolute Gasteiger partial charge is 0.465 e. The molecule has 0 aromatic heterocycles. The predicted molar refractivity (Wildman–Crippen MR) is 84.5 cm³/mol. The van der Waals surface area contributed by atoms with E-state index >= 15 is 0 Å². The van der Waals surface area contributed by atoms with E-state index in [4.69, 9.17) is 0 Å². The Kier molecular flexibility index (Phi) is 4.70. The van der Waals surface area contributed by atoms with Gasteiger partial charge in [-0.1, -0.05) is 17.7 Å². The van der Waals surface area contributed by atoms with Crippen molar-refractivity contribution in [3.05, 3.63) is 58.9 Å². The summed E-state index contributed by atoms with van der Waals surface area (Å²) in [6.45, 7) is 3.26. The third kappa shape index (κ3) is 3.68. The van der Waals surface area contributed by atoms with Crippen LogP contribution < -0.4 is 4.72 Å². The summed E-state index contributed by atoms with van der Waals surface area (Å²) in [5.74, 6) is -1.45. The molecule has 2 aromatic rings. The van der Waals surface area contributed by atoms with E-state index in [1.807, 2.05) is 6.92 Å². The quantitative estimate of drug-likeness (QED) is 0.871. The fraction of sp³-hybridized carbons (Fsp3) is 0.188. The van der Waals surface area contributed by atoms with Crippen LogP contribution in [0.25, 0.3) is 0 Å². The lowest BCUT2D eigenvalue weighted by molar-refractivity contribution is 0.0600. The summed E-state index contributed by atoms with van der Waals surface area (Å²) in [4.78, 5) is 11.6. The predicted octanol–water partition coefficient (Wildman–Crippen LogP) is 3.03. The molecule has 122 valence electrons. The molecule has 0 saturated heterocycles. The second-order valence-corrected chi connectivity index (χ2v) is 6.72. The first-order valence-electron chi connectivity index (χ1n) is 6.72. The fourth-order valence-corrected chi connectivity index (χ4v) is 3.06. The summed E-state index contributed by atoms with van der Waals surface area (Å²) < 4.78 is 45.5. The van der Waals surface area contributed by atoms with E-state index in [1.165, 1.54) is 25.1 Å². The van der Waals surface area contributed by atoms with Gasteiger partial charge in [0.25, 0.3) is 10.0 Å². The summed E-state index contributed by atoms with van der Waals surface area (Å²) in [5, 5.41) is 0. The molecule has 0 aliphatic rings. The van der Waals surface area contributed by atoms with Crippen LogP contribution in [-0.2, 0) is 14.8 Å². The number of nitrogens with one attached hydrogen (secondary N) is 1. The molecule has 0 unspecified atom stereocenters. The number of anilines is 1. The van der Waals surface area contributed by atoms with Gasteiger partial charge >= 0.3 is 5.97 Å². The highest BCUT2D eigenvalue weighted by molar-refractivity contribution is 7.92. The molecule has 0 bridgehead atoms. The number of halogens is 1. The molecule has 2 aromatic carbocycles. The molecule has 5 nitrogen and oxygen atoms in total. The smallest absolute Gasteiger partial charge is 0.338 e. The van der Waals surface area contributed by atoms with Gasteiger partial charge in [0.05, 0.1) is 23.3 Å². The molecule has 1 N–H and O–H groups in total. The van der Waals surface area contributed by atoms with Gasteiger partial charge in [0.2, 0.25) is 0 Å². The number of aryl methyl sites for hydroxylation is 1. The van der Waals surface area contributed by atoms with E-state index in [1.54, 1.807) is 12.1 Å². The molecule has 0 spiro atoms. The van der Waals surface area contributed by atoms with Gasteiger partial charge in [0, 0.05) is 5.56 Å². The zero-order chi connectivity index (χ0) is 17.2. The highest BCUT2D eigenvalue weighted by Crippen LogP contribution is 2.24. The molecule has 2 rings (SSSR count). The number of carbonyl (C=O) groups excluding carboxylic acids is 1. The van der Waals surface area contributed by atoms with Crippen LogP contribution in [0.15, 0.2) is 41.3 Å². The number of methoxy groups -OCH3 is 1. The Morgan fingerprint density at radius 3 is 2.30 bits per heavy atom. The normalized spacial score (nSPS) is 11.1. The highest BCUT2D eigenvalue weighted by Gasteiger charge is 2.19. The van der Waals surface area contributed by atoms with Gasteiger partial charge in [-0.3, -0.25) is 4.72 Å². The summed E-state index contributed by atoms with van der Waals surface area (Å²) in [6, 6.07) is 8.47. The standard InChI is InChI=1S/C16H16FNO4S/c1-10-4-6-13(7-5-10)23(20,21)18-15-9-12(16(19)22-3)8-14(17)11(15)2/h4-9,18H,1-3H3. The van der Waals surface area contributed by atoms with E-state index in [0.717, 1.165) is 18.7 Å². The van der Waals surface area contributed by atoms with Crippen LogP contribution in [-0.4, -0.2) is 21.5 Å². The number of ether oxygens (including phenoxy) is 1. The molecule has 0 saturated carbocycles. The van der Waals surface area contributed by atoms with Gasteiger partial charge in [-0.05, 0) is 38.1 Å². The summed E-state index contributed by atoms with van der Waals surface area (Å²) in [5.41, 5.74) is 0.926. The van der Waals surface area contributed by atoms with Crippen LogP contribution >= 0.6 is 0 Å². The summed E-state index contributed by atoms with van der Waals surface area (Å²) >= 11 is 0. The van der Waals surface area contributed by atoms with Crippen molar-refractivity contribution in [2.45, 2.75) is 18.7 Å². The van der Waals surface area contributed by atoms with E-state index in [9.17, 15) is 17.6 Å². The van der Waals surface area contributed by atoms with Gasteiger partial charge < -0.3 is 4.74 Å². The van der Waals surface area contributed by atoms with Crippen molar-refractivity contribution in [1.82, 2.24) is 0 Å². The number of rotatable bonds is 4. The fourth-order valence-electron chi connectivity index (χ4n) is 1.94. The van der Waals surface area contributed by atoms with Gasteiger partial charge in [0.1, 0.15) is 5.82 Å². The Labute approximate surface area is 134 Å². The first-order chi connectivity index (χ1) is 10.7. The average Bonchev–Trinajstić information content (AvgIpc) is 2.51. The molecule has 0 amide bonds. The monoisotopic (exact) mass is 337 g/mol. The van der Waals surface area contributed by atoms with Gasteiger partial charge in [-0.15, -0.1) is 0 Å². The van der Waals surface area contributed by atoms with Gasteiger partial charge in [-0.25, -0.2) is 17.6 Å². The van der Waals surface area contributed by atoms with Crippen molar-refractivity contribution >= 4 is 21.7 Å². The van der Waals surface area contributed by atoms with E-state index in [0.29, 0.717) is 0 Å². The maximum atomic E-state index is 13.9. The number of carbonyl (C=O) groups is 1. The van der Waals surface area contributed by atoms with Crippen LogP contribution in [0.5, 0.6) is 0 Å². The lowest BCUT2D eigenvalue weighted by Crippen LogP contribution is -2.15. The minimum Gasteiger partial charge on any atom is -0.465 e. The second-order valence-electron chi connectivity index (χ2n) is 5.04.